The van der Waals surface area contributed by atoms with Crippen LogP contribution in [0.4, 0.5) is 0 Å². The van der Waals surface area contributed by atoms with Gasteiger partial charge in [0.2, 0.25) is 0 Å². The summed E-state index contributed by atoms with van der Waals surface area (Å²) in [6.07, 6.45) is 8.44. The first-order valence-corrected chi connectivity index (χ1v) is 8.98. The van der Waals surface area contributed by atoms with E-state index < -0.39 is 0 Å². The fraction of sp³-hybridized carbons (Fsp3) is 0.667. The number of halogens is 1. The summed E-state index contributed by atoms with van der Waals surface area (Å²) in [5.41, 5.74) is 8.43. The van der Waals surface area contributed by atoms with Gasteiger partial charge in [-0.25, -0.2) is 0 Å². The molecule has 4 bridgehead atoms. The lowest BCUT2D eigenvalue weighted by atomic mass is 9.47. The van der Waals surface area contributed by atoms with Crippen molar-refractivity contribution in [1.29, 1.82) is 0 Å². The average Bonchev–Trinajstić information content (AvgIpc) is 2.45. The third kappa shape index (κ3) is 2.24. The van der Waals surface area contributed by atoms with Crippen LogP contribution in [0, 0.1) is 23.2 Å². The van der Waals surface area contributed by atoms with Crippen molar-refractivity contribution in [2.75, 3.05) is 7.11 Å². The maximum absolute atomic E-state index is 6.82. The van der Waals surface area contributed by atoms with E-state index in [1.807, 2.05) is 6.07 Å². The highest BCUT2D eigenvalue weighted by molar-refractivity contribution is 9.10. The molecule has 1 aromatic rings. The molecule has 4 fully saturated rings. The molecule has 5 rings (SSSR count). The summed E-state index contributed by atoms with van der Waals surface area (Å²) in [7, 11) is 1.71. The van der Waals surface area contributed by atoms with Gasteiger partial charge in [-0.15, -0.1) is 0 Å². The van der Waals surface area contributed by atoms with Gasteiger partial charge in [-0.3, -0.25) is 0 Å². The molecule has 21 heavy (non-hydrogen) atoms. The van der Waals surface area contributed by atoms with Crippen LogP contribution in [0.3, 0.4) is 0 Å². The molecule has 2 nitrogen and oxygen atoms in total. The summed E-state index contributed by atoms with van der Waals surface area (Å²) in [5.74, 6) is 3.72. The highest BCUT2D eigenvalue weighted by Gasteiger charge is 2.53. The maximum atomic E-state index is 6.82. The highest BCUT2D eigenvalue weighted by atomic mass is 79.9. The second kappa shape index (κ2) is 4.99. The first kappa shape index (κ1) is 14.1. The van der Waals surface area contributed by atoms with Crippen molar-refractivity contribution in [1.82, 2.24) is 0 Å². The molecular formula is C18H24BrNO. The molecule has 1 unspecified atom stereocenters. The smallest absolute Gasteiger partial charge is 0.120 e. The number of benzene rings is 1. The third-order valence-electron chi connectivity index (χ3n) is 6.29. The van der Waals surface area contributed by atoms with Gasteiger partial charge in [0.05, 0.1) is 7.11 Å². The van der Waals surface area contributed by atoms with Gasteiger partial charge in [0.25, 0.3) is 0 Å². The molecule has 1 atom stereocenters. The van der Waals surface area contributed by atoms with Gasteiger partial charge in [0.1, 0.15) is 5.75 Å². The monoisotopic (exact) mass is 349 g/mol. The first-order valence-electron chi connectivity index (χ1n) is 8.18. The lowest BCUT2D eigenvalue weighted by Crippen LogP contribution is -2.50. The van der Waals surface area contributed by atoms with E-state index in [9.17, 15) is 0 Å². The van der Waals surface area contributed by atoms with Gasteiger partial charge >= 0.3 is 0 Å². The summed E-state index contributed by atoms with van der Waals surface area (Å²) in [6.45, 7) is 0. The number of methoxy groups -OCH3 is 1. The molecule has 0 aliphatic heterocycles. The number of hydrogen-bond donors (Lipinski definition) is 1. The van der Waals surface area contributed by atoms with Crippen LogP contribution in [0.25, 0.3) is 0 Å². The van der Waals surface area contributed by atoms with E-state index in [1.54, 1.807) is 7.11 Å². The Kier molecular flexibility index (Phi) is 3.34. The summed E-state index contributed by atoms with van der Waals surface area (Å²) >= 11 is 3.71. The van der Waals surface area contributed by atoms with Crippen molar-refractivity contribution in [2.45, 2.75) is 44.6 Å². The number of nitrogens with two attached hydrogens (primary N) is 1. The standard InChI is InChI=1S/C18H24BrNO/c1-21-14-2-3-15(16(19)7-14)17(20)18-8-11-4-12(9-18)6-13(5-11)10-18/h2-3,7,11-13,17H,4-6,8-10,20H2,1H3. The largest absolute Gasteiger partial charge is 0.497 e. The van der Waals surface area contributed by atoms with Crippen molar-refractivity contribution in [3.63, 3.8) is 0 Å². The molecule has 2 N–H and O–H groups in total. The van der Waals surface area contributed by atoms with Crippen LogP contribution >= 0.6 is 15.9 Å². The van der Waals surface area contributed by atoms with Crippen LogP contribution in [-0.4, -0.2) is 7.11 Å². The van der Waals surface area contributed by atoms with Crippen molar-refractivity contribution < 1.29 is 4.74 Å². The fourth-order valence-corrected chi connectivity index (χ4v) is 6.38. The van der Waals surface area contributed by atoms with Crippen molar-refractivity contribution in [3.05, 3.63) is 28.2 Å². The van der Waals surface area contributed by atoms with Gasteiger partial charge in [-0.05, 0) is 79.4 Å². The summed E-state index contributed by atoms with van der Waals surface area (Å²) < 4.78 is 6.41. The van der Waals surface area contributed by atoms with Gasteiger partial charge in [0.15, 0.2) is 0 Å². The van der Waals surface area contributed by atoms with E-state index in [-0.39, 0.29) is 6.04 Å². The predicted molar refractivity (Wildman–Crippen MR) is 88.2 cm³/mol. The van der Waals surface area contributed by atoms with E-state index in [2.05, 4.69) is 28.1 Å². The third-order valence-corrected chi connectivity index (χ3v) is 6.97. The van der Waals surface area contributed by atoms with Gasteiger partial charge < -0.3 is 10.5 Å². The number of hydrogen-bond acceptors (Lipinski definition) is 2. The Bertz CT molecular complexity index is 521. The summed E-state index contributed by atoms with van der Waals surface area (Å²) in [6, 6.07) is 6.41. The Labute approximate surface area is 135 Å². The van der Waals surface area contributed by atoms with Crippen LogP contribution in [0.5, 0.6) is 5.75 Å². The average molecular weight is 350 g/mol. The SMILES string of the molecule is COc1ccc(C(N)C23CC4CC(CC(C4)C2)C3)c(Br)c1. The van der Waals surface area contributed by atoms with Gasteiger partial charge in [-0.1, -0.05) is 22.0 Å². The fourth-order valence-electron chi connectivity index (χ4n) is 5.78. The zero-order valence-electron chi connectivity index (χ0n) is 12.6. The van der Waals surface area contributed by atoms with Gasteiger partial charge in [0, 0.05) is 10.5 Å². The van der Waals surface area contributed by atoms with Crippen LogP contribution < -0.4 is 10.5 Å². The van der Waals surface area contributed by atoms with E-state index in [4.69, 9.17) is 10.5 Å². The molecule has 4 saturated carbocycles. The Morgan fingerprint density at radius 2 is 1.71 bits per heavy atom. The minimum atomic E-state index is 0.159. The Balaban J connectivity index is 1.66. The zero-order chi connectivity index (χ0) is 14.6. The predicted octanol–water partition coefficient (Wildman–Crippen LogP) is 4.67. The van der Waals surface area contributed by atoms with Crippen molar-refractivity contribution >= 4 is 15.9 Å². The van der Waals surface area contributed by atoms with E-state index >= 15 is 0 Å². The van der Waals surface area contributed by atoms with Gasteiger partial charge in [-0.2, -0.15) is 0 Å². The summed E-state index contributed by atoms with van der Waals surface area (Å²) in [5, 5.41) is 0. The van der Waals surface area contributed by atoms with Crippen LogP contribution in [0.2, 0.25) is 0 Å². The molecule has 0 saturated heterocycles. The summed E-state index contributed by atoms with van der Waals surface area (Å²) in [4.78, 5) is 0. The number of rotatable bonds is 3. The number of ether oxygens (including phenoxy) is 1. The Morgan fingerprint density at radius 1 is 1.14 bits per heavy atom. The normalized spacial score (nSPS) is 38.5. The molecular weight excluding hydrogens is 326 g/mol. The minimum Gasteiger partial charge on any atom is -0.497 e. The molecule has 0 heterocycles. The molecule has 0 amide bonds. The Morgan fingerprint density at radius 3 is 2.19 bits per heavy atom. The quantitative estimate of drug-likeness (QED) is 0.860. The van der Waals surface area contributed by atoms with Crippen LogP contribution in [0.15, 0.2) is 22.7 Å². The van der Waals surface area contributed by atoms with Crippen molar-refractivity contribution in [2.24, 2.45) is 28.9 Å². The topological polar surface area (TPSA) is 35.2 Å². The lowest BCUT2D eigenvalue weighted by molar-refractivity contribution is -0.0679. The maximum Gasteiger partial charge on any atom is 0.120 e. The highest BCUT2D eigenvalue weighted by Crippen LogP contribution is 2.63. The zero-order valence-corrected chi connectivity index (χ0v) is 14.2. The second-order valence-electron chi connectivity index (χ2n) is 7.65. The molecule has 1 aromatic carbocycles. The van der Waals surface area contributed by atoms with E-state index in [1.165, 1.54) is 44.1 Å². The molecule has 3 heteroatoms. The Hall–Kier alpha value is -0.540. The van der Waals surface area contributed by atoms with Crippen LogP contribution in [0.1, 0.15) is 50.1 Å². The molecule has 0 radical (unpaired) electrons. The molecule has 114 valence electrons. The molecule has 4 aliphatic carbocycles. The first-order chi connectivity index (χ1) is 10.1. The lowest BCUT2D eigenvalue weighted by Gasteiger charge is -2.59. The van der Waals surface area contributed by atoms with Crippen molar-refractivity contribution in [3.8, 4) is 5.75 Å². The molecule has 0 spiro atoms. The molecule has 4 aliphatic rings. The minimum absolute atomic E-state index is 0.159. The van der Waals surface area contributed by atoms with E-state index in [0.29, 0.717) is 5.41 Å². The molecule has 0 aromatic heterocycles. The van der Waals surface area contributed by atoms with Crippen LogP contribution in [-0.2, 0) is 0 Å². The van der Waals surface area contributed by atoms with E-state index in [0.717, 1.165) is 28.0 Å². The second-order valence-corrected chi connectivity index (χ2v) is 8.50.